The molecular weight excluding hydrogens is 142 g/mol. The second kappa shape index (κ2) is 5.32. The zero-order valence-corrected chi connectivity index (χ0v) is 6.33. The normalized spacial score (nSPS) is 10.8. The lowest BCUT2D eigenvalue weighted by Crippen LogP contribution is -2.14. The summed E-state index contributed by atoms with van der Waals surface area (Å²) >= 11 is 0. The molecule has 0 aliphatic heterocycles. The first-order valence-corrected chi connectivity index (χ1v) is 3.19. The number of carbonyl (C=O) groups is 1. The van der Waals surface area contributed by atoms with Crippen LogP contribution in [0.3, 0.4) is 0 Å². The third-order valence-corrected chi connectivity index (χ3v) is 1.10. The number of rotatable bonds is 3. The first kappa shape index (κ1) is 9.52. The number of hydrogen-bond donors (Lipinski definition) is 0. The molecule has 0 fully saturated rings. The van der Waals surface area contributed by atoms with Crippen LogP contribution in [0.5, 0.6) is 0 Å². The van der Waals surface area contributed by atoms with E-state index in [-0.39, 0.29) is 18.9 Å². The molecule has 1 atom stereocenters. The van der Waals surface area contributed by atoms with Crippen LogP contribution in [0.2, 0.25) is 0 Å². The van der Waals surface area contributed by atoms with Gasteiger partial charge in [-0.1, -0.05) is 12.8 Å². The summed E-state index contributed by atoms with van der Waals surface area (Å²) in [6, 6.07) is 1.87. The van der Waals surface area contributed by atoms with Crippen LogP contribution in [0.25, 0.3) is 0 Å². The van der Waals surface area contributed by atoms with Gasteiger partial charge < -0.3 is 4.74 Å². The van der Waals surface area contributed by atoms with Gasteiger partial charge >= 0.3 is 5.97 Å². The fourth-order valence-corrected chi connectivity index (χ4v) is 0.475. The number of terminal acetylenes is 1. The fraction of sp³-hybridized carbons (Fsp3) is 0.500. The SMILES string of the molecule is C#CCOC(=O)C(C)CC#N. The molecule has 0 radical (unpaired) electrons. The van der Waals surface area contributed by atoms with Crippen LogP contribution >= 0.6 is 0 Å². The van der Waals surface area contributed by atoms with E-state index in [1.165, 1.54) is 0 Å². The molecule has 3 heteroatoms. The minimum atomic E-state index is -0.412. The van der Waals surface area contributed by atoms with E-state index >= 15 is 0 Å². The Morgan fingerprint density at radius 1 is 1.82 bits per heavy atom. The Bertz CT molecular complexity index is 209. The molecule has 0 amide bonds. The average molecular weight is 151 g/mol. The Labute approximate surface area is 66.0 Å². The van der Waals surface area contributed by atoms with Crippen molar-refractivity contribution in [3.63, 3.8) is 0 Å². The van der Waals surface area contributed by atoms with E-state index in [2.05, 4.69) is 10.7 Å². The van der Waals surface area contributed by atoms with Gasteiger partial charge in [-0.25, -0.2) is 0 Å². The Kier molecular flexibility index (Phi) is 4.60. The summed E-state index contributed by atoms with van der Waals surface area (Å²) in [5, 5.41) is 8.21. The first-order chi connectivity index (χ1) is 5.22. The molecule has 0 bridgehead atoms. The van der Waals surface area contributed by atoms with Crippen LogP contribution in [0.15, 0.2) is 0 Å². The zero-order chi connectivity index (χ0) is 8.69. The van der Waals surface area contributed by atoms with Gasteiger partial charge in [-0.05, 0) is 0 Å². The van der Waals surface area contributed by atoms with E-state index in [1.807, 2.05) is 6.07 Å². The molecular formula is C8H9NO2. The van der Waals surface area contributed by atoms with E-state index in [0.29, 0.717) is 0 Å². The topological polar surface area (TPSA) is 50.1 Å². The average Bonchev–Trinajstić information content (AvgIpc) is 2.00. The van der Waals surface area contributed by atoms with Gasteiger partial charge in [-0.2, -0.15) is 5.26 Å². The maximum Gasteiger partial charge on any atom is 0.310 e. The highest BCUT2D eigenvalue weighted by molar-refractivity contribution is 5.72. The van der Waals surface area contributed by atoms with Crippen molar-refractivity contribution in [2.45, 2.75) is 13.3 Å². The first-order valence-electron chi connectivity index (χ1n) is 3.19. The molecule has 0 heterocycles. The molecule has 58 valence electrons. The fourth-order valence-electron chi connectivity index (χ4n) is 0.475. The molecule has 0 N–H and O–H groups in total. The lowest BCUT2D eigenvalue weighted by atomic mass is 10.1. The van der Waals surface area contributed by atoms with Crippen LogP contribution in [-0.2, 0) is 9.53 Å². The number of nitrogens with zero attached hydrogens (tertiary/aromatic N) is 1. The highest BCUT2D eigenvalue weighted by atomic mass is 16.5. The van der Waals surface area contributed by atoms with Gasteiger partial charge in [-0.3, -0.25) is 4.79 Å². The highest BCUT2D eigenvalue weighted by Crippen LogP contribution is 2.02. The van der Waals surface area contributed by atoms with Crippen molar-refractivity contribution in [3.05, 3.63) is 0 Å². The molecule has 0 aliphatic rings. The lowest BCUT2D eigenvalue weighted by molar-refractivity contribution is -0.146. The summed E-state index contributed by atoms with van der Waals surface area (Å²) < 4.78 is 4.58. The Balaban J connectivity index is 3.68. The number of hydrogen-bond acceptors (Lipinski definition) is 3. The molecule has 0 aliphatic carbocycles. The summed E-state index contributed by atoms with van der Waals surface area (Å²) in [6.45, 7) is 1.61. The van der Waals surface area contributed by atoms with Crippen LogP contribution < -0.4 is 0 Å². The largest absolute Gasteiger partial charge is 0.452 e. The maximum absolute atomic E-state index is 10.8. The minimum Gasteiger partial charge on any atom is -0.452 e. The number of esters is 1. The third-order valence-electron chi connectivity index (χ3n) is 1.10. The molecule has 0 aromatic heterocycles. The molecule has 11 heavy (non-hydrogen) atoms. The second-order valence-electron chi connectivity index (χ2n) is 2.08. The van der Waals surface area contributed by atoms with Crippen molar-refractivity contribution in [1.82, 2.24) is 0 Å². The molecule has 0 aromatic carbocycles. The van der Waals surface area contributed by atoms with Crippen molar-refractivity contribution in [2.75, 3.05) is 6.61 Å². The van der Waals surface area contributed by atoms with Gasteiger partial charge in [0.2, 0.25) is 0 Å². The zero-order valence-electron chi connectivity index (χ0n) is 6.33. The van der Waals surface area contributed by atoms with Crippen LogP contribution in [0.4, 0.5) is 0 Å². The summed E-state index contributed by atoms with van der Waals surface area (Å²) in [5.41, 5.74) is 0. The van der Waals surface area contributed by atoms with Gasteiger partial charge in [0, 0.05) is 6.42 Å². The Hall–Kier alpha value is -1.48. The van der Waals surface area contributed by atoms with E-state index in [4.69, 9.17) is 11.7 Å². The van der Waals surface area contributed by atoms with E-state index < -0.39 is 5.97 Å². The maximum atomic E-state index is 10.8. The van der Waals surface area contributed by atoms with Gasteiger partial charge in [0.15, 0.2) is 6.61 Å². The van der Waals surface area contributed by atoms with Gasteiger partial charge in [0.25, 0.3) is 0 Å². The smallest absolute Gasteiger partial charge is 0.310 e. The van der Waals surface area contributed by atoms with E-state index in [0.717, 1.165) is 0 Å². The Morgan fingerprint density at radius 3 is 2.91 bits per heavy atom. The number of ether oxygens (including phenoxy) is 1. The lowest BCUT2D eigenvalue weighted by Gasteiger charge is -2.04. The predicted molar refractivity (Wildman–Crippen MR) is 39.2 cm³/mol. The van der Waals surface area contributed by atoms with Crippen LogP contribution in [0, 0.1) is 29.6 Å². The molecule has 3 nitrogen and oxygen atoms in total. The van der Waals surface area contributed by atoms with Crippen molar-refractivity contribution >= 4 is 5.97 Å². The molecule has 0 saturated carbocycles. The highest BCUT2D eigenvalue weighted by Gasteiger charge is 2.12. The quantitative estimate of drug-likeness (QED) is 0.441. The van der Waals surface area contributed by atoms with Crippen LogP contribution in [-0.4, -0.2) is 12.6 Å². The summed E-state index contributed by atoms with van der Waals surface area (Å²) in [4.78, 5) is 10.8. The van der Waals surface area contributed by atoms with Crippen molar-refractivity contribution in [2.24, 2.45) is 5.92 Å². The van der Waals surface area contributed by atoms with Gasteiger partial charge in [0.05, 0.1) is 12.0 Å². The van der Waals surface area contributed by atoms with Gasteiger partial charge in [-0.15, -0.1) is 6.42 Å². The third kappa shape index (κ3) is 4.00. The minimum absolute atomic E-state index is 0.0192. The standard InChI is InChI=1S/C8H9NO2/c1-3-6-11-8(10)7(2)4-5-9/h1,7H,4,6H2,2H3. The molecule has 0 saturated heterocycles. The number of nitriles is 1. The molecule has 0 rings (SSSR count). The summed E-state index contributed by atoms with van der Waals surface area (Å²) in [6.07, 6.45) is 5.03. The van der Waals surface area contributed by atoms with Crippen LogP contribution in [0.1, 0.15) is 13.3 Å². The van der Waals surface area contributed by atoms with E-state index in [9.17, 15) is 4.79 Å². The van der Waals surface area contributed by atoms with Gasteiger partial charge in [0.1, 0.15) is 0 Å². The van der Waals surface area contributed by atoms with E-state index in [1.54, 1.807) is 6.92 Å². The predicted octanol–water partition coefficient (Wildman–Crippen LogP) is 0.713. The monoisotopic (exact) mass is 151 g/mol. The van der Waals surface area contributed by atoms with Crippen molar-refractivity contribution in [1.29, 1.82) is 5.26 Å². The Morgan fingerprint density at radius 2 is 2.45 bits per heavy atom. The summed E-state index contributed by atoms with van der Waals surface area (Å²) in [5.74, 6) is 1.38. The number of carbonyl (C=O) groups excluding carboxylic acids is 1. The second-order valence-corrected chi connectivity index (χ2v) is 2.08. The van der Waals surface area contributed by atoms with Crippen molar-refractivity contribution < 1.29 is 9.53 Å². The molecule has 0 aromatic rings. The molecule has 0 spiro atoms. The molecule has 1 unspecified atom stereocenters. The van der Waals surface area contributed by atoms with Crippen molar-refractivity contribution in [3.8, 4) is 18.4 Å². The summed E-state index contributed by atoms with van der Waals surface area (Å²) in [7, 11) is 0.